The van der Waals surface area contributed by atoms with Crippen molar-refractivity contribution in [1.82, 2.24) is 10.6 Å². The van der Waals surface area contributed by atoms with Crippen molar-refractivity contribution < 1.29 is 18.4 Å². The van der Waals surface area contributed by atoms with Gasteiger partial charge in [-0.05, 0) is 36.2 Å². The van der Waals surface area contributed by atoms with Crippen molar-refractivity contribution in [3.05, 3.63) is 70.2 Å². The molecule has 0 unspecified atom stereocenters. The molecule has 0 heterocycles. The van der Waals surface area contributed by atoms with Gasteiger partial charge in [-0.3, -0.25) is 9.59 Å². The van der Waals surface area contributed by atoms with Crippen LogP contribution in [0.3, 0.4) is 0 Å². The average Bonchev–Trinajstić information content (AvgIpc) is 2.53. The highest BCUT2D eigenvalue weighted by molar-refractivity contribution is 6.30. The lowest BCUT2D eigenvalue weighted by Crippen LogP contribution is -2.38. The molecule has 0 spiro atoms. The maximum Gasteiger partial charge on any atom is 0.254 e. The summed E-state index contributed by atoms with van der Waals surface area (Å²) in [6.45, 7) is 0.0746. The molecule has 0 saturated heterocycles. The Morgan fingerprint density at radius 1 is 1.04 bits per heavy atom. The summed E-state index contributed by atoms with van der Waals surface area (Å²) in [6, 6.07) is 9.87. The SMILES string of the molecule is O=C(CNC(=O)c1ccc(F)cc1F)NCCc1cccc(Cl)c1. The highest BCUT2D eigenvalue weighted by atomic mass is 35.5. The number of rotatable bonds is 6. The molecule has 0 radical (unpaired) electrons. The Morgan fingerprint density at radius 2 is 1.83 bits per heavy atom. The second-order valence-corrected chi connectivity index (χ2v) is 5.47. The number of carbonyl (C=O) groups excluding carboxylic acids is 2. The second kappa shape index (κ2) is 8.40. The van der Waals surface area contributed by atoms with E-state index in [1.54, 1.807) is 12.1 Å². The van der Waals surface area contributed by atoms with E-state index in [0.717, 1.165) is 17.7 Å². The smallest absolute Gasteiger partial charge is 0.254 e. The highest BCUT2D eigenvalue weighted by Gasteiger charge is 2.13. The van der Waals surface area contributed by atoms with Crippen LogP contribution in [0.5, 0.6) is 0 Å². The first-order valence-corrected chi connectivity index (χ1v) is 7.58. The van der Waals surface area contributed by atoms with E-state index in [1.807, 2.05) is 12.1 Å². The molecule has 2 aromatic rings. The zero-order valence-electron chi connectivity index (χ0n) is 12.6. The van der Waals surface area contributed by atoms with Crippen LogP contribution in [0.25, 0.3) is 0 Å². The number of benzene rings is 2. The Hall–Kier alpha value is -2.47. The van der Waals surface area contributed by atoms with Crippen LogP contribution in [0.4, 0.5) is 8.78 Å². The van der Waals surface area contributed by atoms with Gasteiger partial charge < -0.3 is 10.6 Å². The normalized spacial score (nSPS) is 10.3. The Labute approximate surface area is 142 Å². The van der Waals surface area contributed by atoms with Gasteiger partial charge >= 0.3 is 0 Å². The van der Waals surface area contributed by atoms with Crippen LogP contribution in [0.15, 0.2) is 42.5 Å². The third-order valence-corrected chi connectivity index (χ3v) is 3.45. The van der Waals surface area contributed by atoms with Gasteiger partial charge in [0, 0.05) is 17.6 Å². The minimum atomic E-state index is -0.978. The van der Waals surface area contributed by atoms with Gasteiger partial charge in [0.2, 0.25) is 5.91 Å². The first kappa shape index (κ1) is 17.9. The van der Waals surface area contributed by atoms with Crippen molar-refractivity contribution in [2.24, 2.45) is 0 Å². The molecule has 0 aliphatic carbocycles. The van der Waals surface area contributed by atoms with Crippen LogP contribution in [-0.4, -0.2) is 24.9 Å². The fourth-order valence-electron chi connectivity index (χ4n) is 2.03. The predicted molar refractivity (Wildman–Crippen MR) is 86.9 cm³/mol. The Balaban J connectivity index is 1.75. The lowest BCUT2D eigenvalue weighted by Gasteiger charge is -2.08. The zero-order chi connectivity index (χ0) is 17.5. The van der Waals surface area contributed by atoms with Gasteiger partial charge in [-0.15, -0.1) is 0 Å². The molecule has 2 N–H and O–H groups in total. The predicted octanol–water partition coefficient (Wildman–Crippen LogP) is 2.71. The monoisotopic (exact) mass is 352 g/mol. The molecule has 2 aromatic carbocycles. The minimum absolute atomic E-state index is 0.300. The standard InChI is InChI=1S/C17H15ClF2N2O2/c18-12-3-1-2-11(8-12)6-7-21-16(23)10-22-17(24)14-5-4-13(19)9-15(14)20/h1-5,8-9H,6-7,10H2,(H,21,23)(H,22,24). The molecule has 2 amide bonds. The first-order chi connectivity index (χ1) is 11.5. The molecule has 0 aromatic heterocycles. The van der Waals surface area contributed by atoms with Crippen LogP contribution in [-0.2, 0) is 11.2 Å². The molecule has 0 aliphatic heterocycles. The lowest BCUT2D eigenvalue weighted by atomic mass is 10.1. The summed E-state index contributed by atoms with van der Waals surface area (Å²) in [7, 11) is 0. The van der Waals surface area contributed by atoms with Gasteiger partial charge in [-0.25, -0.2) is 8.78 Å². The van der Waals surface area contributed by atoms with E-state index in [-0.39, 0.29) is 12.1 Å². The van der Waals surface area contributed by atoms with Crippen molar-refractivity contribution in [1.29, 1.82) is 0 Å². The Bertz CT molecular complexity index is 753. The molecule has 126 valence electrons. The average molecular weight is 353 g/mol. The third-order valence-electron chi connectivity index (χ3n) is 3.21. The largest absolute Gasteiger partial charge is 0.354 e. The van der Waals surface area contributed by atoms with E-state index in [0.29, 0.717) is 24.1 Å². The molecule has 0 bridgehead atoms. The fraction of sp³-hybridized carbons (Fsp3) is 0.176. The maximum atomic E-state index is 13.4. The van der Waals surface area contributed by atoms with E-state index in [2.05, 4.69) is 10.6 Å². The molecule has 0 atom stereocenters. The Morgan fingerprint density at radius 3 is 2.54 bits per heavy atom. The van der Waals surface area contributed by atoms with Crippen LogP contribution in [0.1, 0.15) is 15.9 Å². The number of carbonyl (C=O) groups is 2. The molecule has 0 aliphatic rings. The molecule has 24 heavy (non-hydrogen) atoms. The molecule has 2 rings (SSSR count). The summed E-state index contributed by atoms with van der Waals surface area (Å²) < 4.78 is 26.2. The number of hydrogen-bond acceptors (Lipinski definition) is 2. The summed E-state index contributed by atoms with van der Waals surface area (Å²) in [4.78, 5) is 23.4. The van der Waals surface area contributed by atoms with Crippen molar-refractivity contribution in [2.45, 2.75) is 6.42 Å². The van der Waals surface area contributed by atoms with E-state index in [1.165, 1.54) is 0 Å². The number of hydrogen-bond donors (Lipinski definition) is 2. The summed E-state index contributed by atoms with van der Waals surface area (Å²) in [5.74, 6) is -2.94. The summed E-state index contributed by atoms with van der Waals surface area (Å²) >= 11 is 5.86. The second-order valence-electron chi connectivity index (χ2n) is 5.04. The molecular formula is C17H15ClF2N2O2. The van der Waals surface area contributed by atoms with Crippen molar-refractivity contribution >= 4 is 23.4 Å². The Kier molecular flexibility index (Phi) is 6.26. The molecule has 0 fully saturated rings. The van der Waals surface area contributed by atoms with Crippen molar-refractivity contribution in [3.8, 4) is 0 Å². The quantitative estimate of drug-likeness (QED) is 0.839. The van der Waals surface area contributed by atoms with Gasteiger partial charge in [-0.2, -0.15) is 0 Å². The molecule has 4 nitrogen and oxygen atoms in total. The fourth-order valence-corrected chi connectivity index (χ4v) is 2.24. The maximum absolute atomic E-state index is 13.4. The van der Waals surface area contributed by atoms with E-state index in [4.69, 9.17) is 11.6 Å². The topological polar surface area (TPSA) is 58.2 Å². The van der Waals surface area contributed by atoms with Gasteiger partial charge in [0.1, 0.15) is 11.6 Å². The zero-order valence-corrected chi connectivity index (χ0v) is 13.4. The minimum Gasteiger partial charge on any atom is -0.354 e. The molecule has 7 heteroatoms. The summed E-state index contributed by atoms with van der Waals surface area (Å²) in [6.07, 6.45) is 0.590. The van der Waals surface area contributed by atoms with Crippen LogP contribution >= 0.6 is 11.6 Å². The van der Waals surface area contributed by atoms with Crippen molar-refractivity contribution in [2.75, 3.05) is 13.1 Å². The van der Waals surface area contributed by atoms with E-state index < -0.39 is 23.4 Å². The van der Waals surface area contributed by atoms with E-state index in [9.17, 15) is 18.4 Å². The summed E-state index contributed by atoms with van der Waals surface area (Å²) in [5.41, 5.74) is 0.656. The van der Waals surface area contributed by atoms with Gasteiger partial charge in [0.25, 0.3) is 5.91 Å². The first-order valence-electron chi connectivity index (χ1n) is 7.20. The lowest BCUT2D eigenvalue weighted by molar-refractivity contribution is -0.120. The number of nitrogens with one attached hydrogen (secondary N) is 2. The summed E-state index contributed by atoms with van der Waals surface area (Å²) in [5, 5.41) is 5.53. The van der Waals surface area contributed by atoms with Crippen molar-refractivity contribution in [3.63, 3.8) is 0 Å². The number of amides is 2. The highest BCUT2D eigenvalue weighted by Crippen LogP contribution is 2.11. The number of halogens is 3. The third kappa shape index (κ3) is 5.31. The van der Waals surface area contributed by atoms with Gasteiger partial charge in [0.05, 0.1) is 12.1 Å². The van der Waals surface area contributed by atoms with Crippen LogP contribution in [0, 0.1) is 11.6 Å². The molecular weight excluding hydrogens is 338 g/mol. The van der Waals surface area contributed by atoms with E-state index >= 15 is 0 Å². The van der Waals surface area contributed by atoms with Crippen LogP contribution in [0.2, 0.25) is 5.02 Å². The van der Waals surface area contributed by atoms with Crippen LogP contribution < -0.4 is 10.6 Å². The molecule has 0 saturated carbocycles. The van der Waals surface area contributed by atoms with Gasteiger partial charge in [0.15, 0.2) is 0 Å². The van der Waals surface area contributed by atoms with Gasteiger partial charge in [-0.1, -0.05) is 23.7 Å².